The Morgan fingerprint density at radius 3 is 2.13 bits per heavy atom. The molecule has 0 bridgehead atoms. The van der Waals surface area contributed by atoms with Crippen molar-refractivity contribution in [3.8, 4) is 28.3 Å². The summed E-state index contributed by atoms with van der Waals surface area (Å²) >= 11 is 0. The molecule has 0 spiro atoms. The lowest BCUT2D eigenvalue weighted by Gasteiger charge is -2.16. The van der Waals surface area contributed by atoms with Crippen LogP contribution in [-0.2, 0) is 0 Å². The van der Waals surface area contributed by atoms with Crippen LogP contribution >= 0.6 is 0 Å². The summed E-state index contributed by atoms with van der Waals surface area (Å²) in [5.74, 6) is 0.508. The van der Waals surface area contributed by atoms with E-state index in [-0.39, 0.29) is 11.2 Å². The number of rotatable bonds is 1. The van der Waals surface area contributed by atoms with Crippen molar-refractivity contribution in [1.29, 1.82) is 0 Å². The molecule has 0 fully saturated rings. The van der Waals surface area contributed by atoms with E-state index in [9.17, 15) is 9.90 Å². The van der Waals surface area contributed by atoms with E-state index in [4.69, 9.17) is 4.42 Å². The second kappa shape index (κ2) is 6.41. The van der Waals surface area contributed by atoms with E-state index in [0.717, 1.165) is 27.1 Å². The van der Waals surface area contributed by atoms with Crippen molar-refractivity contribution in [2.75, 3.05) is 0 Å². The third-order valence-corrected chi connectivity index (χ3v) is 5.94. The van der Waals surface area contributed by atoms with Gasteiger partial charge in [-0.15, -0.1) is 0 Å². The van der Waals surface area contributed by atoms with Gasteiger partial charge in [-0.2, -0.15) is 0 Å². The highest BCUT2D eigenvalue weighted by atomic mass is 16.3. The summed E-state index contributed by atoms with van der Waals surface area (Å²) in [5, 5.41) is 15.5. The minimum Gasteiger partial charge on any atom is -0.507 e. The smallest absolute Gasteiger partial charge is 0.182 e. The molecule has 0 aromatic heterocycles. The highest BCUT2D eigenvalue weighted by molar-refractivity contribution is 6.16. The first-order valence-electron chi connectivity index (χ1n) is 10.1. The summed E-state index contributed by atoms with van der Waals surface area (Å²) in [4.78, 5) is 16.3. The van der Waals surface area contributed by atoms with Crippen LogP contribution in [0.4, 0.5) is 0 Å². The molecule has 1 aliphatic carbocycles. The predicted molar refractivity (Wildman–Crippen MR) is 124 cm³/mol. The first-order valence-corrected chi connectivity index (χ1v) is 10.1. The van der Waals surface area contributed by atoms with E-state index in [1.807, 2.05) is 30.3 Å². The first kappa shape index (κ1) is 17.7. The Balaban J connectivity index is 1.76. The molecular formula is C27H17NO3. The van der Waals surface area contributed by atoms with Gasteiger partial charge >= 0.3 is 0 Å². The average molecular weight is 403 g/mol. The van der Waals surface area contributed by atoms with Gasteiger partial charge in [0.2, 0.25) is 0 Å². The number of phenolic OH excluding ortho intramolecular Hbond substituents is 1. The number of aromatic nitrogens is 1. The van der Waals surface area contributed by atoms with Crippen LogP contribution in [0.25, 0.3) is 55.2 Å². The molecule has 4 aromatic carbocycles. The van der Waals surface area contributed by atoms with Crippen LogP contribution in [0, 0.1) is 6.92 Å². The number of aryl methyl sites for hydroxylation is 1. The molecule has 31 heavy (non-hydrogen) atoms. The topological polar surface area (TPSA) is 63.3 Å². The van der Waals surface area contributed by atoms with Crippen LogP contribution in [0.3, 0.4) is 0 Å². The number of hydrogen-bond acceptors (Lipinski definition) is 4. The number of fused-ring (bicyclic) bond motifs is 4. The molecule has 0 radical (unpaired) electrons. The molecule has 0 unspecified atom stereocenters. The number of hydrogen-bond donors (Lipinski definition) is 1. The summed E-state index contributed by atoms with van der Waals surface area (Å²) in [6.45, 7) is 2.13. The van der Waals surface area contributed by atoms with E-state index < -0.39 is 0 Å². The molecule has 4 heteroatoms. The Kier molecular flexibility index (Phi) is 3.65. The standard InChI is InChI=1S/C27H17NO3/c1-15-17-6-2-4-8-19(17)27(20-9-5-3-7-18(15)20)21-13-23-26(14-24(21)30)31-25-12-16(29)10-11-22(25)28-23/h2-14,30H,1H3. The summed E-state index contributed by atoms with van der Waals surface area (Å²) < 4.78 is 5.87. The molecule has 148 valence electrons. The molecule has 6 rings (SSSR count). The van der Waals surface area contributed by atoms with Crippen LogP contribution < -0.4 is 5.43 Å². The fourth-order valence-corrected chi connectivity index (χ4v) is 4.48. The molecule has 1 N–H and O–H groups in total. The van der Waals surface area contributed by atoms with Gasteiger partial charge in [-0.05, 0) is 52.2 Å². The second-order valence-electron chi connectivity index (χ2n) is 7.77. The fourth-order valence-electron chi connectivity index (χ4n) is 4.48. The van der Waals surface area contributed by atoms with Gasteiger partial charge in [0.25, 0.3) is 0 Å². The molecule has 4 aromatic rings. The summed E-state index contributed by atoms with van der Waals surface area (Å²) in [5.41, 5.74) is 4.38. The molecule has 2 aliphatic rings. The van der Waals surface area contributed by atoms with E-state index in [2.05, 4.69) is 36.2 Å². The number of nitrogens with zero attached hydrogens (tertiary/aromatic N) is 1. The zero-order chi connectivity index (χ0) is 21.1. The van der Waals surface area contributed by atoms with Crippen LogP contribution in [0.15, 0.2) is 88.1 Å². The maximum absolute atomic E-state index is 11.7. The number of aromatic hydroxyl groups is 1. The monoisotopic (exact) mass is 403 g/mol. The second-order valence-corrected chi connectivity index (χ2v) is 7.77. The van der Waals surface area contributed by atoms with Gasteiger partial charge in [0.15, 0.2) is 16.8 Å². The fraction of sp³-hybridized carbons (Fsp3) is 0.0370. The average Bonchev–Trinajstić information content (AvgIpc) is 2.78. The highest BCUT2D eigenvalue weighted by Gasteiger charge is 2.18. The Labute approximate surface area is 177 Å². The maximum Gasteiger partial charge on any atom is 0.182 e. The lowest BCUT2D eigenvalue weighted by molar-refractivity contribution is 0.476. The zero-order valence-corrected chi connectivity index (χ0v) is 16.7. The maximum atomic E-state index is 11.7. The van der Waals surface area contributed by atoms with E-state index >= 15 is 0 Å². The first-order chi connectivity index (χ1) is 15.1. The Hall–Kier alpha value is -4.18. The van der Waals surface area contributed by atoms with Gasteiger partial charge in [-0.3, -0.25) is 4.79 Å². The molecule has 0 saturated heterocycles. The summed E-state index contributed by atoms with van der Waals surface area (Å²) in [6.07, 6.45) is 0. The molecule has 1 heterocycles. The minimum atomic E-state index is -0.143. The van der Waals surface area contributed by atoms with Gasteiger partial charge in [0.1, 0.15) is 17.0 Å². The predicted octanol–water partition coefficient (Wildman–Crippen LogP) is 6.28. The third-order valence-electron chi connectivity index (χ3n) is 5.94. The van der Waals surface area contributed by atoms with Crippen molar-refractivity contribution < 1.29 is 9.52 Å². The quantitative estimate of drug-likeness (QED) is 0.328. The highest BCUT2D eigenvalue weighted by Crippen LogP contribution is 2.43. The van der Waals surface area contributed by atoms with Gasteiger partial charge in [0.05, 0.1) is 0 Å². The van der Waals surface area contributed by atoms with E-state index in [0.29, 0.717) is 28.1 Å². The minimum absolute atomic E-state index is 0.106. The van der Waals surface area contributed by atoms with Crippen LogP contribution in [0.1, 0.15) is 5.56 Å². The molecule has 4 nitrogen and oxygen atoms in total. The van der Waals surface area contributed by atoms with Gasteiger partial charge < -0.3 is 9.52 Å². The molecule has 0 atom stereocenters. The normalized spacial score (nSPS) is 11.6. The van der Waals surface area contributed by atoms with E-state index in [1.165, 1.54) is 17.7 Å². The van der Waals surface area contributed by atoms with Gasteiger partial charge in [-0.25, -0.2) is 4.98 Å². The van der Waals surface area contributed by atoms with Crippen LogP contribution in [-0.4, -0.2) is 10.1 Å². The summed E-state index contributed by atoms with van der Waals surface area (Å²) in [6, 6.07) is 24.5. The molecule has 0 amide bonds. The third kappa shape index (κ3) is 2.62. The molecular weight excluding hydrogens is 386 g/mol. The van der Waals surface area contributed by atoms with Gasteiger partial charge in [-0.1, -0.05) is 48.5 Å². The van der Waals surface area contributed by atoms with Crippen molar-refractivity contribution in [2.45, 2.75) is 6.92 Å². The van der Waals surface area contributed by atoms with Crippen molar-refractivity contribution in [3.05, 3.63) is 94.6 Å². The zero-order valence-electron chi connectivity index (χ0n) is 16.7. The molecule has 0 saturated carbocycles. The lowest BCUT2D eigenvalue weighted by atomic mass is 9.88. The Morgan fingerprint density at radius 2 is 1.45 bits per heavy atom. The van der Waals surface area contributed by atoms with Gasteiger partial charge in [0, 0.05) is 23.3 Å². The largest absolute Gasteiger partial charge is 0.507 e. The van der Waals surface area contributed by atoms with Crippen molar-refractivity contribution in [2.24, 2.45) is 0 Å². The van der Waals surface area contributed by atoms with Crippen molar-refractivity contribution >= 4 is 32.6 Å². The number of benzene rings is 5. The number of phenols is 1. The lowest BCUT2D eigenvalue weighted by Crippen LogP contribution is -1.99. The Bertz CT molecular complexity index is 1620. The van der Waals surface area contributed by atoms with Crippen molar-refractivity contribution in [3.63, 3.8) is 0 Å². The van der Waals surface area contributed by atoms with Crippen molar-refractivity contribution in [1.82, 2.24) is 4.98 Å². The molecule has 1 aliphatic heterocycles. The van der Waals surface area contributed by atoms with Crippen LogP contribution in [0.5, 0.6) is 5.75 Å². The van der Waals surface area contributed by atoms with E-state index in [1.54, 1.807) is 12.1 Å². The Morgan fingerprint density at radius 1 is 0.806 bits per heavy atom. The summed E-state index contributed by atoms with van der Waals surface area (Å²) in [7, 11) is 0. The SMILES string of the molecule is Cc1c2ccccc2c(-c2cc3nc4ccc(=O)cc-4oc3cc2O)c2ccccc12. The van der Waals surface area contributed by atoms with Crippen LogP contribution in [0.2, 0.25) is 0 Å².